The Kier molecular flexibility index (Phi) is 7.57. The lowest BCUT2D eigenvalue weighted by molar-refractivity contribution is -0.137. The lowest BCUT2D eigenvalue weighted by Gasteiger charge is -2.14. The second kappa shape index (κ2) is 10.2. The van der Waals surface area contributed by atoms with Gasteiger partial charge < -0.3 is 10.2 Å². The maximum absolute atomic E-state index is 13.1. The van der Waals surface area contributed by atoms with Gasteiger partial charge in [-0.05, 0) is 56.1 Å². The van der Waals surface area contributed by atoms with E-state index in [2.05, 4.69) is 10.4 Å². The highest BCUT2D eigenvalue weighted by atomic mass is 35.5. The number of carbonyl (C=O) groups excluding carboxylic acids is 1. The summed E-state index contributed by atoms with van der Waals surface area (Å²) in [6.07, 6.45) is -4.57. The molecule has 1 amide bonds. The van der Waals surface area contributed by atoms with Gasteiger partial charge in [-0.2, -0.15) is 23.0 Å². The van der Waals surface area contributed by atoms with Gasteiger partial charge in [0.15, 0.2) is 0 Å². The van der Waals surface area contributed by atoms with Crippen molar-refractivity contribution in [1.82, 2.24) is 24.6 Å². The van der Waals surface area contributed by atoms with Crippen molar-refractivity contribution in [3.8, 4) is 5.69 Å². The van der Waals surface area contributed by atoms with Crippen molar-refractivity contribution >= 4 is 17.5 Å². The Morgan fingerprint density at radius 2 is 1.79 bits per heavy atom. The van der Waals surface area contributed by atoms with E-state index in [-0.39, 0.29) is 18.8 Å². The van der Waals surface area contributed by atoms with Crippen molar-refractivity contribution < 1.29 is 18.0 Å². The van der Waals surface area contributed by atoms with Crippen molar-refractivity contribution in [1.29, 1.82) is 0 Å². The van der Waals surface area contributed by atoms with Crippen LogP contribution in [0.15, 0.2) is 58.1 Å². The Labute approximate surface area is 197 Å². The highest BCUT2D eigenvalue weighted by Crippen LogP contribution is 2.29. The molecular formula is C22H21ClF3N5O3. The minimum Gasteiger partial charge on any atom is -0.349 e. The normalized spacial score (nSPS) is 11.6. The van der Waals surface area contributed by atoms with E-state index in [0.717, 1.165) is 33.5 Å². The van der Waals surface area contributed by atoms with Crippen LogP contribution in [-0.2, 0) is 12.7 Å². The summed E-state index contributed by atoms with van der Waals surface area (Å²) in [7, 11) is 3.60. The molecule has 0 atom stereocenters. The molecule has 0 saturated heterocycles. The fourth-order valence-electron chi connectivity index (χ4n) is 3.05. The molecule has 1 heterocycles. The zero-order chi connectivity index (χ0) is 25.0. The van der Waals surface area contributed by atoms with Gasteiger partial charge >= 0.3 is 11.9 Å². The van der Waals surface area contributed by atoms with Gasteiger partial charge in [0.25, 0.3) is 11.5 Å². The lowest BCUT2D eigenvalue weighted by atomic mass is 10.2. The Balaban J connectivity index is 2.11. The Morgan fingerprint density at radius 3 is 2.38 bits per heavy atom. The molecule has 0 aliphatic heterocycles. The number of alkyl halides is 3. The molecule has 0 bridgehead atoms. The molecule has 12 heteroatoms. The third-order valence-corrected chi connectivity index (χ3v) is 5.02. The van der Waals surface area contributed by atoms with Crippen LogP contribution in [0.2, 0.25) is 5.02 Å². The summed E-state index contributed by atoms with van der Waals surface area (Å²) >= 11 is 5.99. The van der Waals surface area contributed by atoms with Gasteiger partial charge in [-0.3, -0.25) is 14.2 Å². The average molecular weight is 496 g/mol. The van der Waals surface area contributed by atoms with E-state index in [1.807, 2.05) is 4.90 Å². The second-order valence-corrected chi connectivity index (χ2v) is 8.10. The van der Waals surface area contributed by atoms with E-state index in [1.54, 1.807) is 38.4 Å². The first-order valence-electron chi connectivity index (χ1n) is 10.1. The molecule has 2 aromatic carbocycles. The zero-order valence-electron chi connectivity index (χ0n) is 18.3. The number of rotatable bonds is 7. The Morgan fingerprint density at radius 1 is 1.12 bits per heavy atom. The minimum absolute atomic E-state index is 0.0415. The SMILES string of the molecule is CN(C)CCNC(=O)c1nn(-c2ccc(C(F)(F)F)cc2)c(=O)n(Cc2cccc(Cl)c2)c1=O. The number of nitrogens with one attached hydrogen (secondary N) is 1. The van der Waals surface area contributed by atoms with Crippen LogP contribution >= 0.6 is 11.6 Å². The number of nitrogens with zero attached hydrogens (tertiary/aromatic N) is 4. The monoisotopic (exact) mass is 495 g/mol. The van der Waals surface area contributed by atoms with Crippen molar-refractivity contribution in [2.24, 2.45) is 0 Å². The molecule has 180 valence electrons. The molecule has 0 unspecified atom stereocenters. The number of amides is 1. The number of halogens is 4. The van der Waals surface area contributed by atoms with Gasteiger partial charge in [0.05, 0.1) is 17.8 Å². The molecule has 0 fully saturated rings. The maximum Gasteiger partial charge on any atom is 0.416 e. The largest absolute Gasteiger partial charge is 0.416 e. The van der Waals surface area contributed by atoms with E-state index < -0.39 is 34.6 Å². The van der Waals surface area contributed by atoms with Gasteiger partial charge in [-0.15, -0.1) is 0 Å². The molecule has 8 nitrogen and oxygen atoms in total. The van der Waals surface area contributed by atoms with Gasteiger partial charge in [0.1, 0.15) is 0 Å². The standard InChI is InChI=1S/C22H21ClF3N5O3/c1-29(2)11-10-27-19(32)18-20(33)30(13-14-4-3-5-16(23)12-14)21(34)31(28-18)17-8-6-15(7-9-17)22(24,25)26/h3-9,12H,10-11,13H2,1-2H3,(H,27,32). The average Bonchev–Trinajstić information content (AvgIpc) is 2.76. The topological polar surface area (TPSA) is 89.2 Å². The summed E-state index contributed by atoms with van der Waals surface area (Å²) in [5.74, 6) is -0.813. The van der Waals surface area contributed by atoms with E-state index in [0.29, 0.717) is 17.1 Å². The van der Waals surface area contributed by atoms with Crippen molar-refractivity contribution in [2.45, 2.75) is 12.7 Å². The highest BCUT2D eigenvalue weighted by molar-refractivity contribution is 6.30. The van der Waals surface area contributed by atoms with E-state index in [4.69, 9.17) is 11.6 Å². The van der Waals surface area contributed by atoms with Crippen LogP contribution in [0.5, 0.6) is 0 Å². The van der Waals surface area contributed by atoms with Crippen LogP contribution in [-0.4, -0.2) is 52.3 Å². The van der Waals surface area contributed by atoms with Crippen LogP contribution in [0.1, 0.15) is 21.6 Å². The molecule has 0 aliphatic carbocycles. The zero-order valence-corrected chi connectivity index (χ0v) is 19.0. The van der Waals surface area contributed by atoms with Crippen LogP contribution < -0.4 is 16.6 Å². The summed E-state index contributed by atoms with van der Waals surface area (Å²) < 4.78 is 40.3. The van der Waals surface area contributed by atoms with Gasteiger partial charge in [-0.25, -0.2) is 4.79 Å². The second-order valence-electron chi connectivity index (χ2n) is 7.67. The molecule has 0 saturated carbocycles. The summed E-state index contributed by atoms with van der Waals surface area (Å²) in [6.45, 7) is 0.473. The number of hydrogen-bond donors (Lipinski definition) is 1. The molecule has 3 aromatic rings. The number of benzene rings is 2. The van der Waals surface area contributed by atoms with Gasteiger partial charge in [-0.1, -0.05) is 23.7 Å². The smallest absolute Gasteiger partial charge is 0.349 e. The molecule has 0 radical (unpaired) electrons. The van der Waals surface area contributed by atoms with Crippen molar-refractivity contribution in [3.63, 3.8) is 0 Å². The molecular weight excluding hydrogens is 475 g/mol. The van der Waals surface area contributed by atoms with Crippen LogP contribution in [0.25, 0.3) is 5.69 Å². The minimum atomic E-state index is -4.57. The van der Waals surface area contributed by atoms with E-state index >= 15 is 0 Å². The van der Waals surface area contributed by atoms with Crippen molar-refractivity contribution in [2.75, 3.05) is 27.2 Å². The molecule has 1 N–H and O–H groups in total. The summed E-state index contributed by atoms with van der Waals surface area (Å²) in [4.78, 5) is 40.6. The molecule has 34 heavy (non-hydrogen) atoms. The van der Waals surface area contributed by atoms with E-state index in [9.17, 15) is 27.6 Å². The van der Waals surface area contributed by atoms with Gasteiger partial charge in [0, 0.05) is 18.1 Å². The first-order valence-corrected chi connectivity index (χ1v) is 10.4. The third-order valence-electron chi connectivity index (χ3n) is 4.79. The predicted octanol–water partition coefficient (Wildman–Crippen LogP) is 2.41. The van der Waals surface area contributed by atoms with E-state index in [1.165, 1.54) is 0 Å². The van der Waals surface area contributed by atoms with Crippen LogP contribution in [0, 0.1) is 0 Å². The highest BCUT2D eigenvalue weighted by Gasteiger charge is 2.30. The summed E-state index contributed by atoms with van der Waals surface area (Å²) in [5.41, 5.74) is -2.88. The number of hydrogen-bond acceptors (Lipinski definition) is 5. The number of carbonyl (C=O) groups is 1. The van der Waals surface area contributed by atoms with Crippen molar-refractivity contribution in [3.05, 3.63) is 91.2 Å². The fraction of sp³-hybridized carbons (Fsp3) is 0.273. The maximum atomic E-state index is 13.1. The fourth-order valence-corrected chi connectivity index (χ4v) is 3.26. The van der Waals surface area contributed by atoms with Crippen LogP contribution in [0.4, 0.5) is 13.2 Å². The van der Waals surface area contributed by atoms with Gasteiger partial charge in [0.2, 0.25) is 5.69 Å². The molecule has 1 aromatic heterocycles. The first-order chi connectivity index (χ1) is 16.0. The quantitative estimate of drug-likeness (QED) is 0.544. The lowest BCUT2D eigenvalue weighted by Crippen LogP contribution is -2.46. The number of likely N-dealkylation sites (N-methyl/N-ethyl adjacent to an activating group) is 1. The van der Waals surface area contributed by atoms with Crippen LogP contribution in [0.3, 0.4) is 0 Å². The summed E-state index contributed by atoms with van der Waals surface area (Å²) in [6, 6.07) is 10.1. The molecule has 0 spiro atoms. The predicted molar refractivity (Wildman–Crippen MR) is 121 cm³/mol. The third kappa shape index (κ3) is 5.91. The molecule has 3 rings (SSSR count). The first kappa shape index (κ1) is 25.2. The Hall–Kier alpha value is -3.44. The number of aromatic nitrogens is 3. The summed E-state index contributed by atoms with van der Waals surface area (Å²) in [5, 5.41) is 6.83. The molecule has 0 aliphatic rings. The Bertz CT molecular complexity index is 1300.